The number of carbonyl (C=O) groups is 1. The number of methoxy groups -OCH3 is 1. The van der Waals surface area contributed by atoms with Crippen molar-refractivity contribution in [3.05, 3.63) is 59.3 Å². The summed E-state index contributed by atoms with van der Waals surface area (Å²) < 4.78 is 11.3. The predicted molar refractivity (Wildman–Crippen MR) is 123 cm³/mol. The SMILES string of the molecule is COc1cc2occ(-c3ccc(Cl)cc3)c2cc1/C(C)=C/C(=O)NCCCN(C)C. The van der Waals surface area contributed by atoms with Gasteiger partial charge in [-0.05, 0) is 63.3 Å². The van der Waals surface area contributed by atoms with Crippen molar-refractivity contribution in [3.8, 4) is 16.9 Å². The number of hydrogen-bond donors (Lipinski definition) is 1. The number of ether oxygens (including phenoxy) is 1. The van der Waals surface area contributed by atoms with Gasteiger partial charge in [0.1, 0.15) is 11.3 Å². The predicted octanol–water partition coefficient (Wildman–Crippen LogP) is 5.23. The number of allylic oxidation sites excluding steroid dienone is 1. The summed E-state index contributed by atoms with van der Waals surface area (Å²) in [5, 5.41) is 4.57. The van der Waals surface area contributed by atoms with Gasteiger partial charge in [-0.1, -0.05) is 23.7 Å². The highest BCUT2D eigenvalue weighted by atomic mass is 35.5. The molecule has 0 fully saturated rings. The molecule has 0 unspecified atom stereocenters. The van der Waals surface area contributed by atoms with Gasteiger partial charge >= 0.3 is 0 Å². The number of hydrogen-bond acceptors (Lipinski definition) is 4. The van der Waals surface area contributed by atoms with Crippen LogP contribution in [-0.4, -0.2) is 45.1 Å². The Morgan fingerprint density at radius 2 is 1.97 bits per heavy atom. The molecule has 0 saturated carbocycles. The Morgan fingerprint density at radius 1 is 1.23 bits per heavy atom. The van der Waals surface area contributed by atoms with Crippen molar-refractivity contribution >= 4 is 34.1 Å². The molecule has 158 valence electrons. The average Bonchev–Trinajstić information content (AvgIpc) is 3.13. The van der Waals surface area contributed by atoms with Gasteiger partial charge in [-0.25, -0.2) is 0 Å². The van der Waals surface area contributed by atoms with Crippen molar-refractivity contribution < 1.29 is 13.9 Å². The first-order valence-electron chi connectivity index (χ1n) is 9.85. The van der Waals surface area contributed by atoms with Gasteiger partial charge in [-0.3, -0.25) is 4.79 Å². The maximum Gasteiger partial charge on any atom is 0.244 e. The van der Waals surface area contributed by atoms with Gasteiger partial charge < -0.3 is 19.4 Å². The second kappa shape index (κ2) is 9.83. The molecule has 0 atom stereocenters. The largest absolute Gasteiger partial charge is 0.496 e. The highest BCUT2D eigenvalue weighted by Gasteiger charge is 2.15. The van der Waals surface area contributed by atoms with E-state index in [0.717, 1.165) is 46.2 Å². The number of nitrogens with one attached hydrogen (secondary N) is 1. The molecule has 5 nitrogen and oxygen atoms in total. The average molecular weight is 427 g/mol. The molecule has 0 radical (unpaired) electrons. The van der Waals surface area contributed by atoms with Crippen molar-refractivity contribution in [1.82, 2.24) is 10.2 Å². The molecular formula is C24H27ClN2O3. The van der Waals surface area contributed by atoms with Crippen molar-refractivity contribution in [3.63, 3.8) is 0 Å². The lowest BCUT2D eigenvalue weighted by Crippen LogP contribution is -2.25. The van der Waals surface area contributed by atoms with Crippen LogP contribution in [0.1, 0.15) is 18.9 Å². The minimum atomic E-state index is -0.112. The fourth-order valence-corrected chi connectivity index (χ4v) is 3.44. The molecule has 30 heavy (non-hydrogen) atoms. The first-order chi connectivity index (χ1) is 14.4. The van der Waals surface area contributed by atoms with Gasteiger partial charge in [0.2, 0.25) is 5.91 Å². The maximum absolute atomic E-state index is 12.3. The van der Waals surface area contributed by atoms with Crippen LogP contribution >= 0.6 is 11.6 Å². The fraction of sp³-hybridized carbons (Fsp3) is 0.292. The lowest BCUT2D eigenvalue weighted by molar-refractivity contribution is -0.116. The number of halogens is 1. The molecule has 2 aromatic carbocycles. The zero-order valence-corrected chi connectivity index (χ0v) is 18.5. The number of carbonyl (C=O) groups excluding carboxylic acids is 1. The van der Waals surface area contributed by atoms with Crippen LogP contribution in [0.3, 0.4) is 0 Å². The van der Waals surface area contributed by atoms with Gasteiger partial charge in [0.15, 0.2) is 0 Å². The molecule has 0 aliphatic rings. The summed E-state index contributed by atoms with van der Waals surface area (Å²) in [5.74, 6) is 0.548. The van der Waals surface area contributed by atoms with E-state index in [-0.39, 0.29) is 5.91 Å². The fourth-order valence-electron chi connectivity index (χ4n) is 3.32. The molecule has 1 heterocycles. The van der Waals surface area contributed by atoms with Gasteiger partial charge in [0.05, 0.1) is 13.4 Å². The summed E-state index contributed by atoms with van der Waals surface area (Å²) in [6.07, 6.45) is 4.25. The summed E-state index contributed by atoms with van der Waals surface area (Å²) in [6, 6.07) is 11.5. The Bertz CT molecular complexity index is 1050. The second-order valence-electron chi connectivity index (χ2n) is 7.48. The highest BCUT2D eigenvalue weighted by Crippen LogP contribution is 2.37. The Hall–Kier alpha value is -2.76. The van der Waals surface area contributed by atoms with Crippen molar-refractivity contribution in [2.24, 2.45) is 0 Å². The van der Waals surface area contributed by atoms with E-state index in [1.807, 2.05) is 57.4 Å². The first-order valence-corrected chi connectivity index (χ1v) is 10.2. The molecular weight excluding hydrogens is 400 g/mol. The summed E-state index contributed by atoms with van der Waals surface area (Å²) >= 11 is 6.02. The van der Waals surface area contributed by atoms with Gasteiger partial charge in [0, 0.05) is 40.2 Å². The number of fused-ring (bicyclic) bond motifs is 1. The molecule has 0 spiro atoms. The molecule has 6 heteroatoms. The van der Waals surface area contributed by atoms with E-state index in [9.17, 15) is 4.79 Å². The van der Waals surface area contributed by atoms with E-state index in [1.54, 1.807) is 19.4 Å². The number of nitrogens with zero attached hydrogens (tertiary/aromatic N) is 1. The second-order valence-corrected chi connectivity index (χ2v) is 7.92. The summed E-state index contributed by atoms with van der Waals surface area (Å²) in [4.78, 5) is 14.4. The zero-order valence-electron chi connectivity index (χ0n) is 17.8. The third-order valence-corrected chi connectivity index (χ3v) is 5.16. The highest BCUT2D eigenvalue weighted by molar-refractivity contribution is 6.30. The summed E-state index contributed by atoms with van der Waals surface area (Å²) in [6.45, 7) is 3.48. The molecule has 0 aliphatic carbocycles. The van der Waals surface area contributed by atoms with Crippen LogP contribution in [0.25, 0.3) is 27.7 Å². The van der Waals surface area contributed by atoms with Crippen LogP contribution in [0, 0.1) is 0 Å². The van der Waals surface area contributed by atoms with Crippen LogP contribution in [0.4, 0.5) is 0 Å². The van der Waals surface area contributed by atoms with E-state index >= 15 is 0 Å². The van der Waals surface area contributed by atoms with E-state index in [1.165, 1.54) is 0 Å². The first kappa shape index (κ1) is 21.9. The molecule has 1 amide bonds. The van der Waals surface area contributed by atoms with Crippen LogP contribution in [0.15, 0.2) is 53.2 Å². The molecule has 3 rings (SSSR count). The van der Waals surface area contributed by atoms with E-state index in [4.69, 9.17) is 20.8 Å². The lowest BCUT2D eigenvalue weighted by Gasteiger charge is -2.11. The Labute approximate surface area is 182 Å². The molecule has 3 aromatic rings. The van der Waals surface area contributed by atoms with Gasteiger partial charge in [-0.15, -0.1) is 0 Å². The minimum Gasteiger partial charge on any atom is -0.496 e. The number of furan rings is 1. The van der Waals surface area contributed by atoms with E-state index in [2.05, 4.69) is 10.2 Å². The van der Waals surface area contributed by atoms with E-state index in [0.29, 0.717) is 17.3 Å². The van der Waals surface area contributed by atoms with E-state index < -0.39 is 0 Å². The van der Waals surface area contributed by atoms with Gasteiger partial charge in [0.25, 0.3) is 0 Å². The molecule has 0 aliphatic heterocycles. The number of rotatable bonds is 8. The maximum atomic E-state index is 12.3. The topological polar surface area (TPSA) is 54.7 Å². The Kier molecular flexibility index (Phi) is 7.19. The minimum absolute atomic E-state index is 0.112. The van der Waals surface area contributed by atoms with Crippen molar-refractivity contribution in [2.45, 2.75) is 13.3 Å². The van der Waals surface area contributed by atoms with Crippen LogP contribution < -0.4 is 10.1 Å². The van der Waals surface area contributed by atoms with Crippen molar-refractivity contribution in [2.75, 3.05) is 34.3 Å². The standard InChI is InChI=1S/C24H27ClN2O3/c1-16(12-24(28)26-10-5-11-27(2)3)19-13-20-21(17-6-8-18(25)9-7-17)15-30-23(20)14-22(19)29-4/h6-9,12-15H,5,10-11H2,1-4H3,(H,26,28)/b16-12+. The molecule has 1 N–H and O–H groups in total. The number of benzene rings is 2. The summed E-state index contributed by atoms with van der Waals surface area (Å²) in [5.41, 5.74) is 4.37. The Morgan fingerprint density at radius 3 is 2.63 bits per heavy atom. The smallest absolute Gasteiger partial charge is 0.244 e. The molecule has 0 bridgehead atoms. The zero-order chi connectivity index (χ0) is 21.7. The van der Waals surface area contributed by atoms with Crippen LogP contribution in [-0.2, 0) is 4.79 Å². The molecule has 0 saturated heterocycles. The Balaban J connectivity index is 1.89. The number of amides is 1. The normalized spacial score (nSPS) is 11.9. The van der Waals surface area contributed by atoms with Gasteiger partial charge in [-0.2, -0.15) is 0 Å². The monoisotopic (exact) mass is 426 g/mol. The van der Waals surface area contributed by atoms with Crippen molar-refractivity contribution in [1.29, 1.82) is 0 Å². The van der Waals surface area contributed by atoms with Crippen LogP contribution in [0.5, 0.6) is 5.75 Å². The summed E-state index contributed by atoms with van der Waals surface area (Å²) in [7, 11) is 5.65. The molecule has 1 aromatic heterocycles. The quantitative estimate of drug-likeness (QED) is 0.395. The van der Waals surface area contributed by atoms with Crippen LogP contribution in [0.2, 0.25) is 5.02 Å². The lowest BCUT2D eigenvalue weighted by atomic mass is 9.99. The third kappa shape index (κ3) is 5.23. The third-order valence-electron chi connectivity index (χ3n) is 4.90.